The number of hydrogen-bond acceptors (Lipinski definition) is 5. The summed E-state index contributed by atoms with van der Waals surface area (Å²) in [6.07, 6.45) is 1.75. The predicted octanol–water partition coefficient (Wildman–Crippen LogP) is 4.11. The van der Waals surface area contributed by atoms with E-state index in [1.54, 1.807) is 0 Å². The lowest BCUT2D eigenvalue weighted by molar-refractivity contribution is -0.116. The highest BCUT2D eigenvalue weighted by atomic mass is 32.2. The van der Waals surface area contributed by atoms with E-state index in [4.69, 9.17) is 0 Å². The van der Waals surface area contributed by atoms with Crippen LogP contribution in [0.1, 0.15) is 42.4 Å². The van der Waals surface area contributed by atoms with Gasteiger partial charge in [0.25, 0.3) is 0 Å². The molecule has 0 aliphatic carbocycles. The molecule has 7 heteroatoms. The molecule has 2 heterocycles. The van der Waals surface area contributed by atoms with Crippen molar-refractivity contribution in [3.8, 4) is 0 Å². The SMILES string of the molecule is CCc1ccc([C@@H]2Nn3c(CC)nnc3S[C@H]2C(=O)Nc2ccc(C)cc2)cc1. The Hall–Kier alpha value is -2.80. The average molecular weight is 408 g/mol. The summed E-state index contributed by atoms with van der Waals surface area (Å²) in [5.41, 5.74) is 7.78. The lowest BCUT2D eigenvalue weighted by Gasteiger charge is -2.33. The minimum Gasteiger partial charge on any atom is -0.325 e. The smallest absolute Gasteiger partial charge is 0.240 e. The van der Waals surface area contributed by atoms with Gasteiger partial charge in [0.1, 0.15) is 5.25 Å². The first-order valence-corrected chi connectivity index (χ1v) is 10.8. The Bertz CT molecular complexity index is 997. The van der Waals surface area contributed by atoms with E-state index in [0.717, 1.165) is 35.5 Å². The maximum Gasteiger partial charge on any atom is 0.240 e. The van der Waals surface area contributed by atoms with Crippen LogP contribution in [0.2, 0.25) is 0 Å². The second kappa shape index (κ2) is 8.29. The van der Waals surface area contributed by atoms with Crippen LogP contribution in [0.5, 0.6) is 0 Å². The maximum atomic E-state index is 13.2. The molecule has 1 aliphatic rings. The Morgan fingerprint density at radius 2 is 1.79 bits per heavy atom. The molecule has 29 heavy (non-hydrogen) atoms. The molecule has 6 nitrogen and oxygen atoms in total. The average Bonchev–Trinajstić information content (AvgIpc) is 3.16. The molecule has 0 saturated heterocycles. The third-order valence-electron chi connectivity index (χ3n) is 5.14. The van der Waals surface area contributed by atoms with Crippen molar-refractivity contribution in [1.82, 2.24) is 14.9 Å². The second-order valence-electron chi connectivity index (χ2n) is 7.18. The van der Waals surface area contributed by atoms with E-state index in [0.29, 0.717) is 5.16 Å². The van der Waals surface area contributed by atoms with Crippen LogP contribution in [0.15, 0.2) is 53.7 Å². The fourth-order valence-electron chi connectivity index (χ4n) is 3.39. The van der Waals surface area contributed by atoms with E-state index < -0.39 is 0 Å². The normalized spacial score (nSPS) is 18.0. The Kier molecular flexibility index (Phi) is 5.58. The van der Waals surface area contributed by atoms with E-state index in [1.807, 2.05) is 42.8 Å². The van der Waals surface area contributed by atoms with Crippen molar-refractivity contribution < 1.29 is 4.79 Å². The van der Waals surface area contributed by atoms with E-state index >= 15 is 0 Å². The Balaban J connectivity index is 1.65. The third-order valence-corrected chi connectivity index (χ3v) is 6.36. The Morgan fingerprint density at radius 3 is 2.45 bits per heavy atom. The topological polar surface area (TPSA) is 71.8 Å². The number of anilines is 1. The summed E-state index contributed by atoms with van der Waals surface area (Å²) in [7, 11) is 0. The van der Waals surface area contributed by atoms with Gasteiger partial charge < -0.3 is 10.7 Å². The number of hydrogen-bond donors (Lipinski definition) is 2. The van der Waals surface area contributed by atoms with Gasteiger partial charge in [-0.25, -0.2) is 4.68 Å². The highest BCUT2D eigenvalue weighted by Gasteiger charge is 2.37. The summed E-state index contributed by atoms with van der Waals surface area (Å²) in [5.74, 6) is 0.809. The second-order valence-corrected chi connectivity index (χ2v) is 8.29. The van der Waals surface area contributed by atoms with Crippen LogP contribution in [0, 0.1) is 6.92 Å². The molecule has 1 aliphatic heterocycles. The number of aromatic nitrogens is 3. The zero-order chi connectivity index (χ0) is 20.4. The molecule has 0 spiro atoms. The first-order valence-electron chi connectivity index (χ1n) is 9.93. The number of nitrogens with one attached hydrogen (secondary N) is 2. The number of fused-ring (bicyclic) bond motifs is 1. The molecular weight excluding hydrogens is 382 g/mol. The number of carbonyl (C=O) groups excluding carboxylic acids is 1. The number of rotatable bonds is 5. The molecule has 0 bridgehead atoms. The first-order chi connectivity index (χ1) is 14.1. The molecule has 1 amide bonds. The Labute approximate surface area is 175 Å². The van der Waals surface area contributed by atoms with Gasteiger partial charge in [0.15, 0.2) is 5.82 Å². The lowest BCUT2D eigenvalue weighted by Crippen LogP contribution is -2.41. The number of carbonyl (C=O) groups is 1. The molecule has 3 aromatic rings. The Morgan fingerprint density at radius 1 is 1.07 bits per heavy atom. The third kappa shape index (κ3) is 4.00. The van der Waals surface area contributed by atoms with Crippen molar-refractivity contribution in [3.63, 3.8) is 0 Å². The zero-order valence-corrected chi connectivity index (χ0v) is 17.7. The fourth-order valence-corrected chi connectivity index (χ4v) is 4.49. The zero-order valence-electron chi connectivity index (χ0n) is 16.8. The van der Waals surface area contributed by atoms with Crippen molar-refractivity contribution in [2.45, 2.75) is 50.1 Å². The van der Waals surface area contributed by atoms with Crippen molar-refractivity contribution in [2.24, 2.45) is 0 Å². The summed E-state index contributed by atoms with van der Waals surface area (Å²) < 4.78 is 1.92. The molecule has 2 aromatic carbocycles. The van der Waals surface area contributed by atoms with Crippen LogP contribution in [0.25, 0.3) is 0 Å². The van der Waals surface area contributed by atoms with Gasteiger partial charge in [-0.3, -0.25) is 4.79 Å². The predicted molar refractivity (Wildman–Crippen MR) is 117 cm³/mol. The fraction of sp³-hybridized carbons (Fsp3) is 0.318. The van der Waals surface area contributed by atoms with Crippen molar-refractivity contribution in [2.75, 3.05) is 10.7 Å². The highest BCUT2D eigenvalue weighted by molar-refractivity contribution is 8.00. The number of aryl methyl sites for hydroxylation is 3. The van der Waals surface area contributed by atoms with Crippen molar-refractivity contribution >= 4 is 23.4 Å². The van der Waals surface area contributed by atoms with Gasteiger partial charge in [0.2, 0.25) is 11.1 Å². The van der Waals surface area contributed by atoms with Crippen LogP contribution < -0.4 is 10.7 Å². The van der Waals surface area contributed by atoms with Gasteiger partial charge in [0.05, 0.1) is 6.04 Å². The van der Waals surface area contributed by atoms with Crippen LogP contribution in [-0.2, 0) is 17.6 Å². The van der Waals surface area contributed by atoms with Crippen LogP contribution in [0.3, 0.4) is 0 Å². The molecule has 0 radical (unpaired) electrons. The molecule has 2 atom stereocenters. The van der Waals surface area contributed by atoms with E-state index in [-0.39, 0.29) is 17.2 Å². The van der Waals surface area contributed by atoms with Gasteiger partial charge >= 0.3 is 0 Å². The minimum absolute atomic E-state index is 0.0526. The maximum absolute atomic E-state index is 13.2. The monoisotopic (exact) mass is 407 g/mol. The summed E-state index contributed by atoms with van der Waals surface area (Å²) in [6, 6.07) is 16.1. The van der Waals surface area contributed by atoms with Crippen LogP contribution >= 0.6 is 11.8 Å². The quantitative estimate of drug-likeness (QED) is 0.666. The standard InChI is InChI=1S/C22H25N5OS/c1-4-15-8-10-16(11-9-15)19-20(21(28)23-17-12-6-14(3)7-13-17)29-22-25-24-18(5-2)27(22)26-19/h6-13,19-20,26H,4-5H2,1-3H3,(H,23,28)/t19-,20+/m0/s1. The van der Waals surface area contributed by atoms with Gasteiger partial charge in [-0.15, -0.1) is 10.2 Å². The summed E-state index contributed by atoms with van der Waals surface area (Å²) in [5, 5.41) is 11.9. The molecule has 2 N–H and O–H groups in total. The minimum atomic E-state index is -0.370. The van der Waals surface area contributed by atoms with Gasteiger partial charge in [-0.05, 0) is 36.6 Å². The molecule has 0 saturated carbocycles. The number of thioether (sulfide) groups is 1. The number of benzene rings is 2. The molecule has 0 unspecified atom stereocenters. The van der Waals surface area contributed by atoms with E-state index in [2.05, 4.69) is 52.1 Å². The summed E-state index contributed by atoms with van der Waals surface area (Å²) in [6.45, 7) is 6.21. The molecule has 1 aromatic heterocycles. The summed E-state index contributed by atoms with van der Waals surface area (Å²) in [4.78, 5) is 13.2. The molecular formula is C22H25N5OS. The lowest BCUT2D eigenvalue weighted by atomic mass is 10.0. The number of amides is 1. The van der Waals surface area contributed by atoms with Crippen molar-refractivity contribution in [3.05, 3.63) is 71.0 Å². The molecule has 0 fully saturated rings. The van der Waals surface area contributed by atoms with E-state index in [1.165, 1.54) is 17.3 Å². The number of nitrogens with zero attached hydrogens (tertiary/aromatic N) is 3. The van der Waals surface area contributed by atoms with Gasteiger partial charge in [-0.1, -0.05) is 67.6 Å². The van der Waals surface area contributed by atoms with E-state index in [9.17, 15) is 4.79 Å². The largest absolute Gasteiger partial charge is 0.325 e. The molecule has 4 rings (SSSR count). The summed E-state index contributed by atoms with van der Waals surface area (Å²) >= 11 is 1.45. The molecule has 150 valence electrons. The van der Waals surface area contributed by atoms with Crippen LogP contribution in [0.4, 0.5) is 5.69 Å². The van der Waals surface area contributed by atoms with Gasteiger partial charge in [-0.2, -0.15) is 0 Å². The highest BCUT2D eigenvalue weighted by Crippen LogP contribution is 2.37. The van der Waals surface area contributed by atoms with Crippen molar-refractivity contribution in [1.29, 1.82) is 0 Å². The van der Waals surface area contributed by atoms with Crippen LogP contribution in [-0.4, -0.2) is 26.0 Å². The first kappa shape index (κ1) is 19.5. The van der Waals surface area contributed by atoms with Gasteiger partial charge in [0, 0.05) is 12.1 Å².